The van der Waals surface area contributed by atoms with Crippen molar-refractivity contribution in [1.29, 1.82) is 0 Å². The van der Waals surface area contributed by atoms with E-state index in [-0.39, 0.29) is 10.6 Å². The van der Waals surface area contributed by atoms with Gasteiger partial charge in [0.1, 0.15) is 0 Å². The Kier molecular flexibility index (Phi) is 2.33. The van der Waals surface area contributed by atoms with E-state index in [1.807, 2.05) is 0 Å². The van der Waals surface area contributed by atoms with E-state index in [1.165, 1.54) is 13.0 Å². The lowest BCUT2D eigenvalue weighted by molar-refractivity contribution is 0.101. The minimum atomic E-state index is -0.924. The zero-order valence-electron chi connectivity index (χ0n) is 6.27. The van der Waals surface area contributed by atoms with Crippen LogP contribution in [-0.2, 0) is 0 Å². The highest BCUT2D eigenvalue weighted by atomic mass is 35.5. The number of ketones is 1. The SMILES string of the molecule is CC(=O)c1cc(Cl)cc(O)c1F. The lowest BCUT2D eigenvalue weighted by Crippen LogP contribution is -1.96. The van der Waals surface area contributed by atoms with E-state index >= 15 is 0 Å². The maximum absolute atomic E-state index is 12.9. The van der Waals surface area contributed by atoms with E-state index in [4.69, 9.17) is 16.7 Å². The fourth-order valence-corrected chi connectivity index (χ4v) is 1.04. The first-order chi connectivity index (χ1) is 5.52. The minimum Gasteiger partial charge on any atom is -0.505 e. The molecule has 0 aliphatic carbocycles. The maximum atomic E-state index is 12.9. The number of Topliss-reactive ketones (excluding diaryl/α,β-unsaturated/α-hetero) is 1. The molecule has 0 aliphatic rings. The monoisotopic (exact) mass is 188 g/mol. The van der Waals surface area contributed by atoms with Crippen molar-refractivity contribution < 1.29 is 14.3 Å². The molecule has 0 fully saturated rings. The molecule has 0 unspecified atom stereocenters. The summed E-state index contributed by atoms with van der Waals surface area (Å²) in [4.78, 5) is 10.8. The molecule has 0 atom stereocenters. The van der Waals surface area contributed by atoms with E-state index in [0.717, 1.165) is 6.07 Å². The summed E-state index contributed by atoms with van der Waals surface area (Å²) in [6.45, 7) is 1.20. The second-order valence-electron chi connectivity index (χ2n) is 2.34. The van der Waals surface area contributed by atoms with E-state index in [2.05, 4.69) is 0 Å². The van der Waals surface area contributed by atoms with Crippen LogP contribution in [0.3, 0.4) is 0 Å². The van der Waals surface area contributed by atoms with E-state index in [9.17, 15) is 9.18 Å². The fraction of sp³-hybridized carbons (Fsp3) is 0.125. The number of hydrogen-bond donors (Lipinski definition) is 1. The van der Waals surface area contributed by atoms with Gasteiger partial charge in [-0.3, -0.25) is 4.79 Å². The summed E-state index contributed by atoms with van der Waals surface area (Å²) in [5.41, 5.74) is -0.194. The molecule has 0 aliphatic heterocycles. The van der Waals surface area contributed by atoms with Gasteiger partial charge < -0.3 is 5.11 Å². The number of phenolic OH excluding ortho intramolecular Hbond substituents is 1. The molecule has 2 nitrogen and oxygen atoms in total. The van der Waals surface area contributed by atoms with Gasteiger partial charge >= 0.3 is 0 Å². The van der Waals surface area contributed by atoms with Crippen LogP contribution in [0.1, 0.15) is 17.3 Å². The highest BCUT2D eigenvalue weighted by molar-refractivity contribution is 6.31. The summed E-state index contributed by atoms with van der Waals surface area (Å²) in [6, 6.07) is 2.22. The van der Waals surface area contributed by atoms with Crippen LogP contribution in [0, 0.1) is 5.82 Å². The topological polar surface area (TPSA) is 37.3 Å². The third-order valence-electron chi connectivity index (χ3n) is 1.40. The number of halogens is 2. The van der Waals surface area contributed by atoms with Crippen molar-refractivity contribution in [2.45, 2.75) is 6.92 Å². The molecule has 1 N–H and O–H groups in total. The third-order valence-corrected chi connectivity index (χ3v) is 1.62. The predicted molar refractivity (Wildman–Crippen MR) is 43.1 cm³/mol. The lowest BCUT2D eigenvalue weighted by Gasteiger charge is -2.01. The first-order valence-electron chi connectivity index (χ1n) is 3.21. The van der Waals surface area contributed by atoms with Gasteiger partial charge in [-0.15, -0.1) is 0 Å². The van der Waals surface area contributed by atoms with Crippen molar-refractivity contribution in [3.63, 3.8) is 0 Å². The number of carbonyl (C=O) groups excluding carboxylic acids is 1. The molecule has 0 aromatic heterocycles. The quantitative estimate of drug-likeness (QED) is 0.687. The minimum absolute atomic E-state index is 0.138. The zero-order chi connectivity index (χ0) is 9.30. The van der Waals surface area contributed by atoms with E-state index in [0.29, 0.717) is 0 Å². The van der Waals surface area contributed by atoms with Crippen LogP contribution < -0.4 is 0 Å². The van der Waals surface area contributed by atoms with Crippen molar-refractivity contribution >= 4 is 17.4 Å². The molecule has 0 saturated carbocycles. The predicted octanol–water partition coefficient (Wildman–Crippen LogP) is 2.39. The molecule has 0 saturated heterocycles. The maximum Gasteiger partial charge on any atom is 0.175 e. The van der Waals surface area contributed by atoms with Crippen molar-refractivity contribution in [3.8, 4) is 5.75 Å². The molecule has 1 rings (SSSR count). The first-order valence-corrected chi connectivity index (χ1v) is 3.59. The lowest BCUT2D eigenvalue weighted by atomic mass is 10.1. The van der Waals surface area contributed by atoms with Gasteiger partial charge in [0.2, 0.25) is 0 Å². The van der Waals surface area contributed by atoms with Crippen LogP contribution in [0.4, 0.5) is 4.39 Å². The van der Waals surface area contributed by atoms with Crippen molar-refractivity contribution in [2.75, 3.05) is 0 Å². The van der Waals surface area contributed by atoms with Crippen LogP contribution in [0.5, 0.6) is 5.75 Å². The van der Waals surface area contributed by atoms with Gasteiger partial charge in [-0.05, 0) is 13.0 Å². The molecule has 0 spiro atoms. The smallest absolute Gasteiger partial charge is 0.175 e. The average Bonchev–Trinajstić information content (AvgIpc) is 1.96. The summed E-state index contributed by atoms with van der Waals surface area (Å²) in [6.07, 6.45) is 0. The van der Waals surface area contributed by atoms with E-state index < -0.39 is 17.3 Å². The molecule has 0 radical (unpaired) electrons. The Hall–Kier alpha value is -1.09. The molecular weight excluding hydrogens is 183 g/mol. The Bertz CT molecular complexity index is 336. The number of carbonyl (C=O) groups is 1. The summed E-state index contributed by atoms with van der Waals surface area (Å²) in [5.74, 6) is -2.00. The van der Waals surface area contributed by atoms with Crippen molar-refractivity contribution in [2.24, 2.45) is 0 Å². The molecule has 12 heavy (non-hydrogen) atoms. The average molecular weight is 189 g/mol. The molecule has 0 amide bonds. The van der Waals surface area contributed by atoms with Gasteiger partial charge in [-0.25, -0.2) is 4.39 Å². The van der Waals surface area contributed by atoms with Gasteiger partial charge in [0, 0.05) is 11.1 Å². The number of benzene rings is 1. The van der Waals surface area contributed by atoms with E-state index in [1.54, 1.807) is 0 Å². The number of hydrogen-bond acceptors (Lipinski definition) is 2. The largest absolute Gasteiger partial charge is 0.505 e. The third kappa shape index (κ3) is 1.56. The molecular formula is C8H6ClFO2. The van der Waals surface area contributed by atoms with Gasteiger partial charge in [-0.1, -0.05) is 11.6 Å². The molecule has 4 heteroatoms. The van der Waals surface area contributed by atoms with Crippen LogP contribution in [0.25, 0.3) is 0 Å². The summed E-state index contributed by atoms with van der Waals surface area (Å²) in [5, 5.41) is 9.06. The Balaban J connectivity index is 3.37. The highest BCUT2D eigenvalue weighted by Crippen LogP contribution is 2.24. The van der Waals surface area contributed by atoms with Gasteiger partial charge in [-0.2, -0.15) is 0 Å². The normalized spacial score (nSPS) is 9.92. The molecule has 1 aromatic carbocycles. The summed E-state index contributed by atoms with van der Waals surface area (Å²) < 4.78 is 12.9. The van der Waals surface area contributed by atoms with Crippen LogP contribution in [0.15, 0.2) is 12.1 Å². The molecule has 64 valence electrons. The Morgan fingerprint density at radius 1 is 1.58 bits per heavy atom. The number of phenols is 1. The van der Waals surface area contributed by atoms with Crippen LogP contribution in [0.2, 0.25) is 5.02 Å². The summed E-state index contributed by atoms with van der Waals surface area (Å²) >= 11 is 5.49. The van der Waals surface area contributed by atoms with Gasteiger partial charge in [0.15, 0.2) is 17.3 Å². The van der Waals surface area contributed by atoms with Gasteiger partial charge in [0.25, 0.3) is 0 Å². The highest BCUT2D eigenvalue weighted by Gasteiger charge is 2.12. The standard InChI is InChI=1S/C8H6ClFO2/c1-4(11)6-2-5(9)3-7(12)8(6)10/h2-3,12H,1H3. The summed E-state index contributed by atoms with van der Waals surface area (Å²) in [7, 11) is 0. The van der Waals surface area contributed by atoms with Crippen LogP contribution in [-0.4, -0.2) is 10.9 Å². The number of aromatic hydroxyl groups is 1. The van der Waals surface area contributed by atoms with Crippen LogP contribution >= 0.6 is 11.6 Å². The number of rotatable bonds is 1. The first kappa shape index (κ1) is 9.00. The second-order valence-corrected chi connectivity index (χ2v) is 2.78. The Morgan fingerprint density at radius 2 is 2.17 bits per heavy atom. The Labute approximate surface area is 73.6 Å². The van der Waals surface area contributed by atoms with Crippen molar-refractivity contribution in [3.05, 3.63) is 28.5 Å². The molecule has 0 bridgehead atoms. The fourth-order valence-electron chi connectivity index (χ4n) is 0.831. The molecule has 0 heterocycles. The second kappa shape index (κ2) is 3.11. The van der Waals surface area contributed by atoms with Crippen molar-refractivity contribution in [1.82, 2.24) is 0 Å². The zero-order valence-corrected chi connectivity index (χ0v) is 7.02. The molecule has 1 aromatic rings. The van der Waals surface area contributed by atoms with Gasteiger partial charge in [0.05, 0.1) is 5.56 Å². The Morgan fingerprint density at radius 3 is 2.67 bits per heavy atom.